The Kier molecular flexibility index (Phi) is 1.65. The Labute approximate surface area is 48.8 Å². The van der Waals surface area contributed by atoms with Crippen molar-refractivity contribution >= 4 is 0 Å². The molecule has 0 aromatic heterocycles. The molecule has 0 radical (unpaired) electrons. The van der Waals surface area contributed by atoms with Crippen molar-refractivity contribution in [3.8, 4) is 0 Å². The summed E-state index contributed by atoms with van der Waals surface area (Å²) in [7, 11) is 0. The molecule has 2 nitrogen and oxygen atoms in total. The molecule has 1 rings (SSSR count). The van der Waals surface area contributed by atoms with E-state index in [1.807, 2.05) is 19.1 Å². The molecule has 2 heteroatoms. The molecule has 0 bridgehead atoms. The molecule has 0 saturated carbocycles. The van der Waals surface area contributed by atoms with Crippen LogP contribution in [0.5, 0.6) is 0 Å². The summed E-state index contributed by atoms with van der Waals surface area (Å²) in [5.74, 6) is 0. The normalized spacial score (nSPS) is 36.2. The first kappa shape index (κ1) is 5.79. The van der Waals surface area contributed by atoms with Crippen molar-refractivity contribution in [3.63, 3.8) is 0 Å². The van der Waals surface area contributed by atoms with Crippen LogP contribution in [0.4, 0.5) is 0 Å². The Morgan fingerprint density at radius 2 is 2.38 bits per heavy atom. The fourth-order valence-electron chi connectivity index (χ4n) is 0.751. The molecule has 0 fully saturated rings. The molecule has 0 aromatic rings. The van der Waals surface area contributed by atoms with Crippen LogP contribution in [0.2, 0.25) is 0 Å². The smallest absolute Gasteiger partial charge is 0.0995 e. The molecular formula is C6H10O2. The van der Waals surface area contributed by atoms with E-state index in [4.69, 9.17) is 9.84 Å². The van der Waals surface area contributed by atoms with Crippen molar-refractivity contribution in [1.29, 1.82) is 0 Å². The zero-order valence-electron chi connectivity index (χ0n) is 4.87. The highest BCUT2D eigenvalue weighted by Gasteiger charge is 2.12. The Bertz CT molecular complexity index is 98.7. The van der Waals surface area contributed by atoms with Crippen LogP contribution < -0.4 is 0 Å². The summed E-state index contributed by atoms with van der Waals surface area (Å²) in [5, 5.41) is 8.51. The number of hydrogen-bond acceptors (Lipinski definition) is 2. The van der Waals surface area contributed by atoms with E-state index in [0.717, 1.165) is 0 Å². The van der Waals surface area contributed by atoms with Gasteiger partial charge in [-0.15, -0.1) is 0 Å². The maximum absolute atomic E-state index is 8.51. The maximum Gasteiger partial charge on any atom is 0.0995 e. The van der Waals surface area contributed by atoms with Gasteiger partial charge in [0.1, 0.15) is 0 Å². The summed E-state index contributed by atoms with van der Waals surface area (Å²) in [4.78, 5) is 0. The molecule has 0 aromatic carbocycles. The number of hydrogen-bond donors (Lipinski definition) is 1. The topological polar surface area (TPSA) is 29.5 Å². The Morgan fingerprint density at radius 1 is 1.62 bits per heavy atom. The van der Waals surface area contributed by atoms with Gasteiger partial charge in [-0.3, -0.25) is 0 Å². The van der Waals surface area contributed by atoms with Crippen LogP contribution in [0.25, 0.3) is 0 Å². The van der Waals surface area contributed by atoms with Gasteiger partial charge in [-0.05, 0) is 6.92 Å². The van der Waals surface area contributed by atoms with E-state index in [2.05, 4.69) is 0 Å². The number of aliphatic hydroxyl groups is 1. The third kappa shape index (κ3) is 1.08. The molecule has 8 heavy (non-hydrogen) atoms. The van der Waals surface area contributed by atoms with Crippen LogP contribution in [0.3, 0.4) is 0 Å². The molecule has 0 spiro atoms. The lowest BCUT2D eigenvalue weighted by atomic mass is 10.3. The fraction of sp³-hybridized carbons (Fsp3) is 0.667. The Morgan fingerprint density at radius 3 is 2.62 bits per heavy atom. The Hall–Kier alpha value is -0.340. The highest BCUT2D eigenvalue weighted by atomic mass is 16.5. The monoisotopic (exact) mass is 114 g/mol. The fourth-order valence-corrected chi connectivity index (χ4v) is 0.751. The highest BCUT2D eigenvalue weighted by molar-refractivity contribution is 4.99. The molecular weight excluding hydrogens is 104 g/mol. The van der Waals surface area contributed by atoms with Crippen molar-refractivity contribution in [2.75, 3.05) is 6.61 Å². The van der Waals surface area contributed by atoms with Crippen LogP contribution in [-0.4, -0.2) is 23.9 Å². The summed E-state index contributed by atoms with van der Waals surface area (Å²) >= 11 is 0. The van der Waals surface area contributed by atoms with Crippen LogP contribution >= 0.6 is 0 Å². The van der Waals surface area contributed by atoms with Crippen LogP contribution in [0, 0.1) is 0 Å². The van der Waals surface area contributed by atoms with Gasteiger partial charge in [-0.25, -0.2) is 0 Å². The van der Waals surface area contributed by atoms with E-state index >= 15 is 0 Å². The molecule has 1 N–H and O–H groups in total. The van der Waals surface area contributed by atoms with Crippen LogP contribution in [0.1, 0.15) is 6.92 Å². The van der Waals surface area contributed by atoms with Crippen molar-refractivity contribution in [2.24, 2.45) is 0 Å². The Balaban J connectivity index is 2.34. The van der Waals surface area contributed by atoms with Gasteiger partial charge < -0.3 is 9.84 Å². The average Bonchev–Trinajstić information content (AvgIpc) is 2.14. The summed E-state index contributed by atoms with van der Waals surface area (Å²) in [6.45, 7) is 2.05. The largest absolute Gasteiger partial charge is 0.393 e. The van der Waals surface area contributed by atoms with Crippen molar-refractivity contribution in [1.82, 2.24) is 0 Å². The minimum atomic E-state index is -0.0509. The van der Waals surface area contributed by atoms with E-state index in [1.54, 1.807) is 0 Å². The van der Waals surface area contributed by atoms with E-state index in [9.17, 15) is 0 Å². The first-order valence-corrected chi connectivity index (χ1v) is 2.77. The van der Waals surface area contributed by atoms with Gasteiger partial charge in [0.15, 0.2) is 0 Å². The molecule has 46 valence electrons. The van der Waals surface area contributed by atoms with Gasteiger partial charge in [-0.2, -0.15) is 0 Å². The summed E-state index contributed by atoms with van der Waals surface area (Å²) in [6.07, 6.45) is 3.96. The zero-order chi connectivity index (χ0) is 5.98. The minimum absolute atomic E-state index is 0.0509. The van der Waals surface area contributed by atoms with Gasteiger partial charge in [0.2, 0.25) is 0 Å². The third-order valence-electron chi connectivity index (χ3n) is 1.17. The van der Waals surface area contributed by atoms with Crippen LogP contribution in [-0.2, 0) is 4.74 Å². The summed E-state index contributed by atoms with van der Waals surface area (Å²) in [6, 6.07) is 0. The predicted octanol–water partition coefficient (Wildman–Crippen LogP) is 0.322. The van der Waals surface area contributed by atoms with Crippen LogP contribution in [0.15, 0.2) is 12.2 Å². The minimum Gasteiger partial charge on any atom is -0.393 e. The molecule has 0 unspecified atom stereocenters. The van der Waals surface area contributed by atoms with E-state index in [0.29, 0.717) is 0 Å². The number of aliphatic hydroxyl groups excluding tert-OH is 1. The van der Waals surface area contributed by atoms with Gasteiger partial charge in [0.25, 0.3) is 0 Å². The van der Waals surface area contributed by atoms with Gasteiger partial charge in [0.05, 0.1) is 18.8 Å². The maximum atomic E-state index is 8.51. The van der Waals surface area contributed by atoms with E-state index < -0.39 is 0 Å². The summed E-state index contributed by atoms with van der Waals surface area (Å²) in [5.41, 5.74) is 0. The lowest BCUT2D eigenvalue weighted by molar-refractivity contribution is 0.0340. The van der Waals surface area contributed by atoms with Gasteiger partial charge in [0, 0.05) is 0 Å². The molecule has 0 saturated heterocycles. The average molecular weight is 114 g/mol. The van der Waals surface area contributed by atoms with E-state index in [-0.39, 0.29) is 18.8 Å². The second-order valence-corrected chi connectivity index (χ2v) is 1.95. The lowest BCUT2D eigenvalue weighted by Gasteiger charge is -2.05. The molecule has 1 heterocycles. The third-order valence-corrected chi connectivity index (χ3v) is 1.17. The standard InChI is InChI=1S/C6H10O2/c1-5-2-3-6(4-7)8-5/h2-3,5-7H,4H2,1H3/t5-,6+/m1/s1. The summed E-state index contributed by atoms with van der Waals surface area (Å²) < 4.78 is 5.15. The van der Waals surface area contributed by atoms with Crippen molar-refractivity contribution < 1.29 is 9.84 Å². The first-order valence-electron chi connectivity index (χ1n) is 2.77. The lowest BCUT2D eigenvalue weighted by Crippen LogP contribution is -2.12. The predicted molar refractivity (Wildman–Crippen MR) is 30.6 cm³/mol. The molecule has 1 aliphatic heterocycles. The molecule has 0 amide bonds. The number of rotatable bonds is 1. The quantitative estimate of drug-likeness (QED) is 0.497. The molecule has 1 aliphatic rings. The zero-order valence-corrected chi connectivity index (χ0v) is 4.87. The highest BCUT2D eigenvalue weighted by Crippen LogP contribution is 2.08. The SMILES string of the molecule is C[C@@H]1C=C[C@@H](CO)O1. The van der Waals surface area contributed by atoms with E-state index in [1.165, 1.54) is 0 Å². The molecule has 0 aliphatic carbocycles. The van der Waals surface area contributed by atoms with Gasteiger partial charge in [-0.1, -0.05) is 12.2 Å². The van der Waals surface area contributed by atoms with Gasteiger partial charge >= 0.3 is 0 Å². The van der Waals surface area contributed by atoms with Crippen molar-refractivity contribution in [3.05, 3.63) is 12.2 Å². The molecule has 2 atom stereocenters. The second-order valence-electron chi connectivity index (χ2n) is 1.95. The number of ether oxygens (including phenoxy) is 1. The second kappa shape index (κ2) is 2.29. The van der Waals surface area contributed by atoms with Crippen molar-refractivity contribution in [2.45, 2.75) is 19.1 Å². The first-order chi connectivity index (χ1) is 3.83.